The molecule has 0 radical (unpaired) electrons. The van der Waals surface area contributed by atoms with E-state index in [1.807, 2.05) is 25.9 Å². The number of hydrogen-bond donors (Lipinski definition) is 5. The highest BCUT2D eigenvalue weighted by atomic mass is 16.7. The molecule has 0 saturated carbocycles. The van der Waals surface area contributed by atoms with Crippen molar-refractivity contribution in [3.8, 4) is 0 Å². The fraction of sp³-hybridized carbons (Fsp3) is 0.973. The van der Waals surface area contributed by atoms with Crippen LogP contribution < -0.4 is 0 Å². The molecular formula is C37H68N2O13. The van der Waals surface area contributed by atoms with Gasteiger partial charge in [0.15, 0.2) is 12.6 Å². The number of nitroso groups, excluding NO2 is 1. The number of aliphatic hydroxyl groups is 5. The Morgan fingerprint density at radius 1 is 0.923 bits per heavy atom. The fourth-order valence-electron chi connectivity index (χ4n) is 8.79. The van der Waals surface area contributed by atoms with Crippen molar-refractivity contribution >= 4 is 5.97 Å². The maximum absolute atomic E-state index is 14.1. The van der Waals surface area contributed by atoms with Gasteiger partial charge < -0.3 is 58.9 Å². The van der Waals surface area contributed by atoms with Crippen LogP contribution in [0, 0.1) is 28.6 Å². The van der Waals surface area contributed by atoms with Crippen LogP contribution in [0.1, 0.15) is 94.9 Å². The van der Waals surface area contributed by atoms with E-state index in [-0.39, 0.29) is 31.4 Å². The number of carbonyl (C=O) groups excluding carboxylic acids is 1. The molecule has 3 fully saturated rings. The first-order chi connectivity index (χ1) is 24.0. The Balaban J connectivity index is 2.21. The Hall–Kier alpha value is -1.37. The molecule has 0 aromatic carbocycles. The largest absolute Gasteiger partial charge is 0.459 e. The number of rotatable bonds is 8. The number of hydrogen-bond acceptors (Lipinski definition) is 15. The predicted octanol–water partition coefficient (Wildman–Crippen LogP) is 2.35. The molecule has 0 aliphatic carbocycles. The fourth-order valence-corrected chi connectivity index (χ4v) is 8.79. The van der Waals surface area contributed by atoms with Gasteiger partial charge in [-0.1, -0.05) is 32.9 Å². The van der Waals surface area contributed by atoms with E-state index in [0.29, 0.717) is 6.42 Å². The van der Waals surface area contributed by atoms with E-state index >= 15 is 0 Å². The summed E-state index contributed by atoms with van der Waals surface area (Å²) in [6.45, 7) is 16.6. The number of nitrogens with zero attached hydrogens (tertiary/aromatic N) is 2. The molecule has 3 heterocycles. The Kier molecular flexibility index (Phi) is 15.3. The maximum Gasteiger partial charge on any atom is 0.311 e. The summed E-state index contributed by atoms with van der Waals surface area (Å²) in [6, 6.07) is -1.40. The van der Waals surface area contributed by atoms with Gasteiger partial charge in [0, 0.05) is 31.4 Å². The topological polar surface area (TPSA) is 206 Å². The van der Waals surface area contributed by atoms with Crippen LogP contribution in [0.4, 0.5) is 0 Å². The van der Waals surface area contributed by atoms with Gasteiger partial charge in [0.25, 0.3) is 0 Å². The summed E-state index contributed by atoms with van der Waals surface area (Å²) in [5.74, 6) is -4.21. The standard InChI is InChI=1S/C37H68N2O13/c1-14-25-37(10,45)30(41)20(4)27(38-46)18(2)16-35(8,44)32(52-34-28(40)24(39(11)12)15-19(3)48-34)21(5)29(22(6)33(43)50-25)51-26-17-36(9,47-13)31(42)23(7)49-26/h18-32,34,40-42,44-45H,14-17H2,1-13H3/t18-,19?,20+,21+,22-,23?,24?,25-,26?,27?,28?,29+,30-,31?,32-,34?,35-,36?,37-/m1/s1. The summed E-state index contributed by atoms with van der Waals surface area (Å²) in [4.78, 5) is 28.4. The number of ether oxygens (including phenoxy) is 6. The summed E-state index contributed by atoms with van der Waals surface area (Å²) in [6.07, 6.45) is -9.58. The minimum absolute atomic E-state index is 0.0687. The van der Waals surface area contributed by atoms with Crippen LogP contribution >= 0.6 is 0 Å². The minimum Gasteiger partial charge on any atom is -0.459 e. The summed E-state index contributed by atoms with van der Waals surface area (Å²) < 4.78 is 37.2. The monoisotopic (exact) mass is 748 g/mol. The van der Waals surface area contributed by atoms with E-state index in [1.165, 1.54) is 14.0 Å². The second-order valence-electron chi connectivity index (χ2n) is 16.8. The molecule has 0 amide bonds. The van der Waals surface area contributed by atoms with Gasteiger partial charge in [0.1, 0.15) is 23.9 Å². The Morgan fingerprint density at radius 3 is 2.08 bits per heavy atom. The quantitative estimate of drug-likeness (QED) is 0.179. The van der Waals surface area contributed by atoms with E-state index in [0.717, 1.165) is 0 Å². The van der Waals surface area contributed by atoms with E-state index in [2.05, 4.69) is 5.18 Å². The number of cyclic esters (lactones) is 1. The minimum atomic E-state index is -1.97. The molecule has 0 spiro atoms. The molecule has 3 aliphatic rings. The van der Waals surface area contributed by atoms with Gasteiger partial charge in [-0.15, -0.1) is 0 Å². The molecule has 0 aromatic heterocycles. The molecule has 19 atom stereocenters. The first kappa shape index (κ1) is 45.0. The van der Waals surface area contributed by atoms with Gasteiger partial charge in [-0.05, 0) is 80.8 Å². The molecule has 15 nitrogen and oxygen atoms in total. The summed E-state index contributed by atoms with van der Waals surface area (Å²) in [7, 11) is 5.18. The van der Waals surface area contributed by atoms with Gasteiger partial charge in [0.05, 0.1) is 53.7 Å². The van der Waals surface area contributed by atoms with Crippen LogP contribution in [0.3, 0.4) is 0 Å². The normalized spacial score (nSPS) is 50.3. The second-order valence-corrected chi connectivity index (χ2v) is 16.8. The zero-order valence-corrected chi connectivity index (χ0v) is 33.5. The van der Waals surface area contributed by atoms with Crippen molar-refractivity contribution in [1.82, 2.24) is 4.90 Å². The van der Waals surface area contributed by atoms with E-state index in [9.17, 15) is 35.2 Å². The second kappa shape index (κ2) is 17.6. The Bertz CT molecular complexity index is 1170. The molecule has 5 N–H and O–H groups in total. The molecule has 15 heteroatoms. The summed E-state index contributed by atoms with van der Waals surface area (Å²) in [5.41, 5.74) is -4.80. The van der Waals surface area contributed by atoms with Crippen molar-refractivity contribution in [2.24, 2.45) is 28.8 Å². The van der Waals surface area contributed by atoms with E-state index in [1.54, 1.807) is 55.4 Å². The highest BCUT2D eigenvalue weighted by Gasteiger charge is 2.54. The average molecular weight is 749 g/mol. The number of aliphatic hydroxyl groups excluding tert-OH is 3. The molecule has 9 unspecified atom stereocenters. The van der Waals surface area contributed by atoms with Crippen LogP contribution in [0.15, 0.2) is 5.18 Å². The van der Waals surface area contributed by atoms with Crippen molar-refractivity contribution in [3.63, 3.8) is 0 Å². The van der Waals surface area contributed by atoms with Crippen molar-refractivity contribution in [3.05, 3.63) is 4.91 Å². The molecule has 3 saturated heterocycles. The Labute approximate surface area is 309 Å². The molecule has 304 valence electrons. The molecule has 0 aromatic rings. The summed E-state index contributed by atoms with van der Waals surface area (Å²) in [5, 5.41) is 61.4. The lowest BCUT2D eigenvalue weighted by atomic mass is 9.72. The lowest BCUT2D eigenvalue weighted by Gasteiger charge is -2.49. The molecular weight excluding hydrogens is 680 g/mol. The highest BCUT2D eigenvalue weighted by molar-refractivity contribution is 5.73. The predicted molar refractivity (Wildman–Crippen MR) is 191 cm³/mol. The van der Waals surface area contributed by atoms with Gasteiger partial charge in [0.2, 0.25) is 0 Å². The van der Waals surface area contributed by atoms with Crippen LogP contribution in [0.5, 0.6) is 0 Å². The maximum atomic E-state index is 14.1. The van der Waals surface area contributed by atoms with Gasteiger partial charge in [-0.3, -0.25) is 4.79 Å². The van der Waals surface area contributed by atoms with Crippen molar-refractivity contribution in [1.29, 1.82) is 0 Å². The smallest absolute Gasteiger partial charge is 0.311 e. The number of likely N-dealkylation sites (N-methyl/N-ethyl adjacent to an activating group) is 1. The molecule has 52 heavy (non-hydrogen) atoms. The van der Waals surface area contributed by atoms with E-state index in [4.69, 9.17) is 28.4 Å². The highest BCUT2D eigenvalue weighted by Crippen LogP contribution is 2.41. The van der Waals surface area contributed by atoms with Gasteiger partial charge in [-0.2, -0.15) is 4.91 Å². The number of esters is 1. The SMILES string of the molecule is CC[C@H]1OC(=O)[C@H](C)[C@@H](OC2CC(C)(OC)C(O)C(C)O2)[C@H](C)[C@@H](OC2OC(C)CC(N(C)C)C2O)[C@](C)(O)C[C@@H](C)C(N=O)[C@H](C)[C@@H](O)[C@]1(C)O. The third-order valence-electron chi connectivity index (χ3n) is 12.2. The van der Waals surface area contributed by atoms with Crippen LogP contribution in [0.2, 0.25) is 0 Å². The van der Waals surface area contributed by atoms with Crippen molar-refractivity contribution < 1.29 is 58.7 Å². The number of methoxy groups -OCH3 is 1. The van der Waals surface area contributed by atoms with Crippen LogP contribution in [-0.4, -0.2) is 148 Å². The first-order valence-electron chi connectivity index (χ1n) is 18.8. The molecule has 3 aliphatic heterocycles. The van der Waals surface area contributed by atoms with Gasteiger partial charge in [-0.25, -0.2) is 0 Å². The lowest BCUT2D eigenvalue weighted by molar-refractivity contribution is -0.318. The van der Waals surface area contributed by atoms with Gasteiger partial charge >= 0.3 is 5.97 Å². The third kappa shape index (κ3) is 9.52. The number of carbonyl (C=O) groups is 1. The Morgan fingerprint density at radius 2 is 1.54 bits per heavy atom. The summed E-state index contributed by atoms with van der Waals surface area (Å²) >= 11 is 0. The zero-order chi connectivity index (χ0) is 39.7. The lowest BCUT2D eigenvalue weighted by Crippen LogP contribution is -2.61. The van der Waals surface area contributed by atoms with E-state index < -0.39 is 108 Å². The van der Waals surface area contributed by atoms with Crippen molar-refractivity contribution in [2.45, 2.75) is 185 Å². The third-order valence-corrected chi connectivity index (χ3v) is 12.2. The first-order valence-corrected chi connectivity index (χ1v) is 18.8. The molecule has 3 rings (SSSR count). The van der Waals surface area contributed by atoms with Crippen LogP contribution in [-0.2, 0) is 33.2 Å². The zero-order valence-electron chi connectivity index (χ0n) is 33.5. The molecule has 0 bridgehead atoms. The average Bonchev–Trinajstić information content (AvgIpc) is 3.06. The van der Waals surface area contributed by atoms with Crippen molar-refractivity contribution in [2.75, 3.05) is 21.2 Å². The van der Waals surface area contributed by atoms with Crippen LogP contribution in [0.25, 0.3) is 0 Å².